The van der Waals surface area contributed by atoms with E-state index in [9.17, 15) is 14.7 Å². The van der Waals surface area contributed by atoms with E-state index in [1.165, 1.54) is 9.58 Å². The number of nitrogens with zero attached hydrogens (tertiary/aromatic N) is 4. The largest absolute Gasteiger partial charge is 0.539 e. The van der Waals surface area contributed by atoms with Gasteiger partial charge in [-0.1, -0.05) is 90.6 Å². The molecule has 212 valence electrons. The third kappa shape index (κ3) is 6.24. The lowest BCUT2D eigenvalue weighted by Crippen LogP contribution is -2.39. The number of aliphatic imine (C=N–C) groups is 1. The number of para-hydroxylation sites is 2. The van der Waals surface area contributed by atoms with Crippen molar-refractivity contribution < 1.29 is 28.6 Å². The van der Waals surface area contributed by atoms with Crippen LogP contribution in [-0.4, -0.2) is 27.9 Å². The van der Waals surface area contributed by atoms with Crippen molar-refractivity contribution in [1.29, 1.82) is 0 Å². The van der Waals surface area contributed by atoms with Gasteiger partial charge < -0.3 is 14.4 Å². The Hall–Kier alpha value is -5.48. The molecule has 0 N–H and O–H groups in total. The Balaban J connectivity index is 1.22. The lowest BCUT2D eigenvalue weighted by atomic mass is 10.2. The van der Waals surface area contributed by atoms with E-state index in [1.807, 2.05) is 78.9 Å². The molecule has 2 heterocycles. The Morgan fingerprint density at radius 3 is 2.26 bits per heavy atom. The number of hydrogen-bond donors (Lipinski definition) is 0. The Kier molecular flexibility index (Phi) is 8.10. The molecule has 6 rings (SSSR count). The average Bonchev–Trinajstić information content (AvgIpc) is 3.59. The third-order valence-corrected chi connectivity index (χ3v) is 7.42. The molecule has 1 aromatic heterocycles. The van der Waals surface area contributed by atoms with E-state index in [-0.39, 0.29) is 23.1 Å². The SMILES string of the molecule is O=C(CSC1=N/C(=C/c2ccc(OCc3ccccc3)cc2)C(=O)N1c1ccccc1)c1c([O-])on[n+]1-c1ccccc1. The van der Waals surface area contributed by atoms with Crippen molar-refractivity contribution in [3.8, 4) is 17.4 Å². The molecule has 0 atom stereocenters. The Labute approximate surface area is 251 Å². The van der Waals surface area contributed by atoms with Crippen molar-refractivity contribution in [3.05, 3.63) is 138 Å². The molecule has 10 heteroatoms. The molecular weight excluding hydrogens is 564 g/mol. The van der Waals surface area contributed by atoms with Crippen LogP contribution < -0.4 is 19.4 Å². The fourth-order valence-electron chi connectivity index (χ4n) is 4.38. The number of anilines is 1. The van der Waals surface area contributed by atoms with E-state index in [2.05, 4.69) is 10.3 Å². The predicted octanol–water partition coefficient (Wildman–Crippen LogP) is 4.96. The van der Waals surface area contributed by atoms with Gasteiger partial charge in [0, 0.05) is 12.1 Å². The van der Waals surface area contributed by atoms with E-state index in [1.54, 1.807) is 42.5 Å². The molecule has 1 amide bonds. The van der Waals surface area contributed by atoms with Crippen LogP contribution in [0.1, 0.15) is 21.6 Å². The molecule has 0 spiro atoms. The molecule has 0 bridgehead atoms. The smallest absolute Gasteiger partial charge is 0.307 e. The summed E-state index contributed by atoms with van der Waals surface area (Å²) in [6.07, 6.45) is 1.69. The summed E-state index contributed by atoms with van der Waals surface area (Å²) in [5.74, 6) is -1.15. The summed E-state index contributed by atoms with van der Waals surface area (Å²) in [5.41, 5.74) is 2.95. The summed E-state index contributed by atoms with van der Waals surface area (Å²) in [7, 11) is 0. The van der Waals surface area contributed by atoms with Crippen molar-refractivity contribution in [1.82, 2.24) is 5.27 Å². The molecule has 0 aliphatic carbocycles. The zero-order chi connectivity index (χ0) is 29.6. The van der Waals surface area contributed by atoms with Crippen molar-refractivity contribution in [3.63, 3.8) is 0 Å². The summed E-state index contributed by atoms with van der Waals surface area (Å²) in [6, 6.07) is 35.1. The maximum Gasteiger partial charge on any atom is 0.307 e. The Morgan fingerprint density at radius 2 is 1.56 bits per heavy atom. The molecule has 0 saturated carbocycles. The third-order valence-electron chi connectivity index (χ3n) is 6.48. The first-order chi connectivity index (χ1) is 21.1. The topological polar surface area (TPSA) is 112 Å². The van der Waals surface area contributed by atoms with Gasteiger partial charge in [0.15, 0.2) is 11.1 Å². The Bertz CT molecular complexity index is 1810. The quantitative estimate of drug-likeness (QED) is 0.136. The molecule has 43 heavy (non-hydrogen) atoms. The number of ether oxygens (including phenoxy) is 1. The van der Waals surface area contributed by atoms with Crippen LogP contribution in [0.25, 0.3) is 11.8 Å². The summed E-state index contributed by atoms with van der Waals surface area (Å²) in [5, 5.41) is 16.4. The minimum Gasteiger partial charge on any atom is -0.539 e. The standard InChI is InChI=1S/C33H24N4O5S/c38-29(30-32(40)42-35-37(30)26-14-8-3-9-15-26)22-43-33-34-28(31(39)36(33)25-12-6-2-7-13-25)20-23-16-18-27(19-17-23)41-21-24-10-4-1-5-11-24/h1-20H,21-22H2/b28-20+. The highest BCUT2D eigenvalue weighted by molar-refractivity contribution is 8.14. The first kappa shape index (κ1) is 27.7. The fourth-order valence-corrected chi connectivity index (χ4v) is 5.26. The van der Waals surface area contributed by atoms with Gasteiger partial charge in [-0.05, 0) is 46.2 Å². The number of hydrogen-bond acceptors (Lipinski definition) is 8. The van der Waals surface area contributed by atoms with Crippen LogP contribution in [0.15, 0.2) is 130 Å². The second-order valence-corrected chi connectivity index (χ2v) is 10.4. The van der Waals surface area contributed by atoms with E-state index < -0.39 is 11.7 Å². The van der Waals surface area contributed by atoms with Crippen molar-refractivity contribution in [2.45, 2.75) is 6.61 Å². The van der Waals surface area contributed by atoms with E-state index >= 15 is 0 Å². The normalized spacial score (nSPS) is 13.8. The number of amidine groups is 1. The molecule has 9 nitrogen and oxygen atoms in total. The second-order valence-electron chi connectivity index (χ2n) is 9.41. The van der Waals surface area contributed by atoms with Gasteiger partial charge in [0.05, 0.1) is 16.7 Å². The molecule has 0 unspecified atom stereocenters. The molecule has 1 aliphatic heterocycles. The zero-order valence-electron chi connectivity index (χ0n) is 22.7. The maximum atomic E-state index is 13.6. The van der Waals surface area contributed by atoms with Gasteiger partial charge in [0.25, 0.3) is 5.91 Å². The monoisotopic (exact) mass is 588 g/mol. The zero-order valence-corrected chi connectivity index (χ0v) is 23.5. The van der Waals surface area contributed by atoms with Gasteiger partial charge in [0.2, 0.25) is 11.5 Å². The first-order valence-corrected chi connectivity index (χ1v) is 14.3. The van der Waals surface area contributed by atoms with Gasteiger partial charge in [-0.25, -0.2) is 4.99 Å². The van der Waals surface area contributed by atoms with Crippen LogP contribution >= 0.6 is 11.8 Å². The number of amides is 1. The summed E-state index contributed by atoms with van der Waals surface area (Å²) in [4.78, 5) is 32.8. The summed E-state index contributed by atoms with van der Waals surface area (Å²) >= 11 is 1.05. The lowest BCUT2D eigenvalue weighted by Gasteiger charge is -2.17. The molecule has 0 fully saturated rings. The van der Waals surface area contributed by atoms with E-state index in [0.717, 1.165) is 22.9 Å². The van der Waals surface area contributed by atoms with Crippen molar-refractivity contribution in [2.24, 2.45) is 4.99 Å². The van der Waals surface area contributed by atoms with Gasteiger partial charge in [-0.15, -0.1) is 0 Å². The number of aromatic nitrogens is 2. The van der Waals surface area contributed by atoms with Gasteiger partial charge in [-0.3, -0.25) is 14.5 Å². The first-order valence-electron chi connectivity index (χ1n) is 13.3. The van der Waals surface area contributed by atoms with Gasteiger partial charge in [-0.2, -0.15) is 0 Å². The van der Waals surface area contributed by atoms with Crippen LogP contribution in [0.4, 0.5) is 5.69 Å². The number of carbonyl (C=O) groups excluding carboxylic acids is 2. The van der Waals surface area contributed by atoms with E-state index in [0.29, 0.717) is 28.9 Å². The molecule has 4 aromatic carbocycles. The number of rotatable bonds is 9. The molecule has 0 saturated heterocycles. The predicted molar refractivity (Wildman–Crippen MR) is 161 cm³/mol. The average molecular weight is 589 g/mol. The highest BCUT2D eigenvalue weighted by Crippen LogP contribution is 2.30. The number of thioether (sulfide) groups is 1. The molecule has 0 radical (unpaired) electrons. The fraction of sp³-hybridized carbons (Fsp3) is 0.0606. The number of ketones is 1. The van der Waals surface area contributed by atoms with Gasteiger partial charge >= 0.3 is 5.69 Å². The highest BCUT2D eigenvalue weighted by Gasteiger charge is 2.34. The number of Topliss-reactive ketones (excluding diaryl/α,β-unsaturated/α-hetero) is 1. The minimum atomic E-state index is -0.837. The molecule has 5 aromatic rings. The van der Waals surface area contributed by atoms with Gasteiger partial charge in [0.1, 0.15) is 18.1 Å². The summed E-state index contributed by atoms with van der Waals surface area (Å²) < 4.78 is 11.8. The highest BCUT2D eigenvalue weighted by atomic mass is 32.2. The van der Waals surface area contributed by atoms with Crippen molar-refractivity contribution >= 4 is 40.4 Å². The van der Waals surface area contributed by atoms with Crippen LogP contribution in [0, 0.1) is 0 Å². The van der Waals surface area contributed by atoms with E-state index in [4.69, 9.17) is 9.26 Å². The maximum absolute atomic E-state index is 13.6. The molecule has 1 aliphatic rings. The van der Waals surface area contributed by atoms with Crippen LogP contribution in [0.3, 0.4) is 0 Å². The number of carbonyl (C=O) groups is 2. The number of benzene rings is 4. The Morgan fingerprint density at radius 1 is 0.907 bits per heavy atom. The van der Waals surface area contributed by atoms with Crippen LogP contribution in [0.2, 0.25) is 0 Å². The second kappa shape index (κ2) is 12.6. The summed E-state index contributed by atoms with van der Waals surface area (Å²) in [6.45, 7) is 0.448. The molecular formula is C33H24N4O5S. The minimum absolute atomic E-state index is 0.167. The lowest BCUT2D eigenvalue weighted by molar-refractivity contribution is -0.672. The van der Waals surface area contributed by atoms with Crippen LogP contribution in [-0.2, 0) is 11.4 Å². The van der Waals surface area contributed by atoms with Crippen molar-refractivity contribution in [2.75, 3.05) is 10.7 Å². The van der Waals surface area contributed by atoms with Crippen LogP contribution in [0.5, 0.6) is 11.7 Å².